The van der Waals surface area contributed by atoms with Gasteiger partial charge in [-0.1, -0.05) is 18.2 Å². The lowest BCUT2D eigenvalue weighted by Gasteiger charge is -2.21. The Kier molecular flexibility index (Phi) is 2.20. The van der Waals surface area contributed by atoms with Crippen LogP contribution in [0.1, 0.15) is 23.1 Å². The first-order valence-corrected chi connectivity index (χ1v) is 5.56. The number of benzene rings is 1. The van der Waals surface area contributed by atoms with Crippen molar-refractivity contribution in [3.63, 3.8) is 0 Å². The molecule has 1 atom stereocenters. The fraction of sp³-hybridized carbons (Fsp3) is 0.462. The molecule has 1 unspecified atom stereocenters. The van der Waals surface area contributed by atoms with Gasteiger partial charge in [-0.15, -0.1) is 0 Å². The van der Waals surface area contributed by atoms with Crippen LogP contribution < -0.4 is 0 Å². The summed E-state index contributed by atoms with van der Waals surface area (Å²) in [4.78, 5) is 0. The number of rotatable bonds is 1. The lowest BCUT2D eigenvalue weighted by atomic mass is 9.89. The molecule has 2 aliphatic heterocycles. The van der Waals surface area contributed by atoms with Gasteiger partial charge in [-0.25, -0.2) is 0 Å². The Balaban J connectivity index is 2.07. The number of ether oxygens (including phenoxy) is 2. The summed E-state index contributed by atoms with van der Waals surface area (Å²) >= 11 is 0. The Labute approximate surface area is 94.6 Å². The zero-order valence-electron chi connectivity index (χ0n) is 9.03. The number of hydrogen-bond acceptors (Lipinski definition) is 3. The van der Waals surface area contributed by atoms with E-state index in [0.29, 0.717) is 19.6 Å². The molecule has 1 saturated heterocycles. The van der Waals surface area contributed by atoms with E-state index in [0.717, 1.165) is 18.6 Å². The standard InChI is InChI=1S/C13H13NO2/c14-6-4-10-2-1-3-12-11(10)8-16-13(12)5-7-15-9-13/h1-3H,4-5,7-9H2. The minimum absolute atomic E-state index is 0.221. The highest BCUT2D eigenvalue weighted by Gasteiger charge is 2.43. The van der Waals surface area contributed by atoms with Crippen LogP contribution in [0.4, 0.5) is 0 Å². The average molecular weight is 215 g/mol. The Morgan fingerprint density at radius 2 is 2.38 bits per heavy atom. The highest BCUT2D eigenvalue weighted by molar-refractivity contribution is 5.43. The van der Waals surface area contributed by atoms with Gasteiger partial charge in [0.05, 0.1) is 25.7 Å². The third-order valence-corrected chi connectivity index (χ3v) is 3.51. The third-order valence-electron chi connectivity index (χ3n) is 3.51. The van der Waals surface area contributed by atoms with Crippen LogP contribution >= 0.6 is 0 Å². The second-order valence-electron chi connectivity index (χ2n) is 4.36. The van der Waals surface area contributed by atoms with Crippen LogP contribution in [-0.4, -0.2) is 13.2 Å². The zero-order valence-corrected chi connectivity index (χ0v) is 9.03. The molecule has 0 amide bonds. The minimum Gasteiger partial charge on any atom is -0.378 e. The van der Waals surface area contributed by atoms with Gasteiger partial charge in [-0.2, -0.15) is 5.26 Å². The normalized spacial score (nSPS) is 26.9. The van der Waals surface area contributed by atoms with E-state index >= 15 is 0 Å². The van der Waals surface area contributed by atoms with Gasteiger partial charge in [0, 0.05) is 13.0 Å². The van der Waals surface area contributed by atoms with Crippen molar-refractivity contribution in [3.8, 4) is 6.07 Å². The summed E-state index contributed by atoms with van der Waals surface area (Å²) < 4.78 is 11.4. The van der Waals surface area contributed by atoms with Gasteiger partial charge in [0.2, 0.25) is 0 Å². The van der Waals surface area contributed by atoms with E-state index in [1.807, 2.05) is 12.1 Å². The molecule has 1 aromatic rings. The zero-order chi connectivity index (χ0) is 11.0. The molecule has 0 radical (unpaired) electrons. The number of hydrogen-bond donors (Lipinski definition) is 0. The van der Waals surface area contributed by atoms with Crippen molar-refractivity contribution < 1.29 is 9.47 Å². The van der Waals surface area contributed by atoms with Crippen LogP contribution in [0, 0.1) is 11.3 Å². The molecule has 0 aromatic heterocycles. The molecule has 0 N–H and O–H groups in total. The topological polar surface area (TPSA) is 42.2 Å². The Morgan fingerprint density at radius 1 is 1.44 bits per heavy atom. The molecule has 0 aliphatic carbocycles. The predicted octanol–water partition coefficient (Wildman–Crippen LogP) is 1.90. The fourth-order valence-corrected chi connectivity index (χ4v) is 2.64. The molecule has 82 valence electrons. The molecule has 1 fully saturated rings. The van der Waals surface area contributed by atoms with Gasteiger partial charge < -0.3 is 9.47 Å². The first-order chi connectivity index (χ1) is 7.86. The highest BCUT2D eigenvalue weighted by Crippen LogP contribution is 2.43. The van der Waals surface area contributed by atoms with Gasteiger partial charge in [0.1, 0.15) is 5.60 Å². The van der Waals surface area contributed by atoms with Crippen LogP contribution in [0.3, 0.4) is 0 Å². The molecule has 0 saturated carbocycles. The van der Waals surface area contributed by atoms with Crippen molar-refractivity contribution in [2.24, 2.45) is 0 Å². The van der Waals surface area contributed by atoms with Crippen molar-refractivity contribution in [3.05, 3.63) is 34.9 Å². The summed E-state index contributed by atoms with van der Waals surface area (Å²) in [7, 11) is 0. The van der Waals surface area contributed by atoms with E-state index in [1.165, 1.54) is 11.1 Å². The van der Waals surface area contributed by atoms with Gasteiger partial charge in [-0.3, -0.25) is 0 Å². The van der Waals surface area contributed by atoms with Crippen LogP contribution in [0.2, 0.25) is 0 Å². The average Bonchev–Trinajstić information content (AvgIpc) is 2.91. The van der Waals surface area contributed by atoms with E-state index in [4.69, 9.17) is 14.7 Å². The maximum absolute atomic E-state index is 8.79. The molecule has 3 rings (SSSR count). The van der Waals surface area contributed by atoms with Gasteiger partial charge in [-0.05, 0) is 16.7 Å². The Bertz CT molecular complexity index is 455. The van der Waals surface area contributed by atoms with Crippen LogP contribution in [0.5, 0.6) is 0 Å². The third kappa shape index (κ3) is 1.27. The minimum atomic E-state index is -0.221. The van der Waals surface area contributed by atoms with Crippen LogP contribution in [0.25, 0.3) is 0 Å². The molecule has 16 heavy (non-hydrogen) atoms. The van der Waals surface area contributed by atoms with Crippen LogP contribution in [0.15, 0.2) is 18.2 Å². The van der Waals surface area contributed by atoms with E-state index < -0.39 is 0 Å². The highest BCUT2D eigenvalue weighted by atomic mass is 16.6. The maximum atomic E-state index is 8.79. The van der Waals surface area contributed by atoms with Crippen LogP contribution in [-0.2, 0) is 28.1 Å². The summed E-state index contributed by atoms with van der Waals surface area (Å²) in [6.07, 6.45) is 1.39. The summed E-state index contributed by atoms with van der Waals surface area (Å²) in [5.74, 6) is 0. The number of fused-ring (bicyclic) bond motifs is 2. The van der Waals surface area contributed by atoms with Gasteiger partial charge >= 0.3 is 0 Å². The Morgan fingerprint density at radius 3 is 3.12 bits per heavy atom. The second-order valence-corrected chi connectivity index (χ2v) is 4.36. The van der Waals surface area contributed by atoms with E-state index in [2.05, 4.69) is 12.1 Å². The molecule has 0 bridgehead atoms. The fourth-order valence-electron chi connectivity index (χ4n) is 2.64. The predicted molar refractivity (Wildman–Crippen MR) is 57.7 cm³/mol. The maximum Gasteiger partial charge on any atom is 0.119 e. The summed E-state index contributed by atoms with van der Waals surface area (Å²) in [6, 6.07) is 8.34. The molecule has 2 aliphatic rings. The first-order valence-electron chi connectivity index (χ1n) is 5.56. The summed E-state index contributed by atoms with van der Waals surface area (Å²) in [5, 5.41) is 8.79. The van der Waals surface area contributed by atoms with E-state index in [9.17, 15) is 0 Å². The van der Waals surface area contributed by atoms with E-state index in [1.54, 1.807) is 0 Å². The largest absolute Gasteiger partial charge is 0.378 e. The molecule has 1 aromatic carbocycles. The number of nitrogens with zero attached hydrogens (tertiary/aromatic N) is 1. The molecule has 3 nitrogen and oxygen atoms in total. The van der Waals surface area contributed by atoms with Crippen molar-refractivity contribution >= 4 is 0 Å². The second kappa shape index (κ2) is 3.58. The first kappa shape index (κ1) is 9.83. The van der Waals surface area contributed by atoms with Crippen molar-refractivity contribution in [1.82, 2.24) is 0 Å². The molecule has 1 spiro atoms. The molecular weight excluding hydrogens is 202 g/mol. The summed E-state index contributed by atoms with van der Waals surface area (Å²) in [6.45, 7) is 2.04. The molecule has 2 heterocycles. The van der Waals surface area contributed by atoms with Crippen molar-refractivity contribution in [2.75, 3.05) is 13.2 Å². The Hall–Kier alpha value is -1.37. The quantitative estimate of drug-likeness (QED) is 0.718. The lowest BCUT2D eigenvalue weighted by Crippen LogP contribution is -2.25. The van der Waals surface area contributed by atoms with E-state index in [-0.39, 0.29) is 5.60 Å². The lowest BCUT2D eigenvalue weighted by molar-refractivity contribution is -0.0421. The number of nitriles is 1. The molecular formula is C13H13NO2. The SMILES string of the molecule is N#CCc1cccc2c1COC21CCOC1. The van der Waals surface area contributed by atoms with Crippen molar-refractivity contribution in [2.45, 2.75) is 25.0 Å². The summed E-state index contributed by atoms with van der Waals surface area (Å²) in [5.41, 5.74) is 3.32. The monoisotopic (exact) mass is 215 g/mol. The van der Waals surface area contributed by atoms with Crippen molar-refractivity contribution in [1.29, 1.82) is 5.26 Å². The van der Waals surface area contributed by atoms with Gasteiger partial charge in [0.25, 0.3) is 0 Å². The molecule has 3 heteroatoms. The smallest absolute Gasteiger partial charge is 0.119 e. The van der Waals surface area contributed by atoms with Gasteiger partial charge in [0.15, 0.2) is 0 Å².